The topological polar surface area (TPSA) is 87.2 Å². The lowest BCUT2D eigenvalue weighted by Crippen LogP contribution is -2.22. The van der Waals surface area contributed by atoms with Gasteiger partial charge in [-0.15, -0.1) is 5.10 Å². The molecule has 5 rings (SSSR count). The molecule has 0 aliphatic carbocycles. The zero-order chi connectivity index (χ0) is 20.7. The van der Waals surface area contributed by atoms with Gasteiger partial charge in [0.25, 0.3) is 11.3 Å². The lowest BCUT2D eigenvalue weighted by Gasteiger charge is -2.12. The summed E-state index contributed by atoms with van der Waals surface area (Å²) in [5, 5.41) is 4.98. The fraction of sp³-hybridized carbons (Fsp3) is 0.136. The van der Waals surface area contributed by atoms with Crippen LogP contribution in [0, 0.1) is 6.92 Å². The van der Waals surface area contributed by atoms with Gasteiger partial charge in [-0.3, -0.25) is 9.78 Å². The molecular weight excluding hydrogens is 380 g/mol. The smallest absolute Gasteiger partial charge is 0.262 e. The Kier molecular flexibility index (Phi) is 4.24. The van der Waals surface area contributed by atoms with Crippen LogP contribution in [0.1, 0.15) is 11.4 Å². The van der Waals surface area contributed by atoms with Crippen molar-refractivity contribution in [2.24, 2.45) is 0 Å². The van der Waals surface area contributed by atoms with Crippen LogP contribution in [-0.2, 0) is 6.54 Å². The van der Waals surface area contributed by atoms with Gasteiger partial charge in [0, 0.05) is 24.2 Å². The Hall–Kier alpha value is -4.07. The Bertz CT molecular complexity index is 1420. The summed E-state index contributed by atoms with van der Waals surface area (Å²) in [6, 6.07) is 13.2. The summed E-state index contributed by atoms with van der Waals surface area (Å²) in [6.07, 6.45) is 5.22. The van der Waals surface area contributed by atoms with Crippen molar-refractivity contribution in [2.45, 2.75) is 13.5 Å². The largest absolute Gasteiger partial charge is 0.497 e. The van der Waals surface area contributed by atoms with Crippen LogP contribution < -0.4 is 10.3 Å². The summed E-state index contributed by atoms with van der Waals surface area (Å²) >= 11 is 0. The highest BCUT2D eigenvalue weighted by Gasteiger charge is 2.18. The van der Waals surface area contributed by atoms with Gasteiger partial charge in [0.2, 0.25) is 0 Å². The molecule has 4 aromatic heterocycles. The van der Waals surface area contributed by atoms with E-state index in [1.54, 1.807) is 41.7 Å². The van der Waals surface area contributed by atoms with Crippen molar-refractivity contribution in [2.75, 3.05) is 7.11 Å². The Labute approximate surface area is 171 Å². The second kappa shape index (κ2) is 7.07. The Morgan fingerprint density at radius 3 is 2.63 bits per heavy atom. The first-order valence-electron chi connectivity index (χ1n) is 9.44. The molecule has 148 valence electrons. The van der Waals surface area contributed by atoms with Gasteiger partial charge in [0.05, 0.1) is 30.3 Å². The number of ether oxygens (including phenoxy) is 1. The molecule has 0 unspecified atom stereocenters. The third-order valence-electron chi connectivity index (χ3n) is 4.95. The number of fused-ring (bicyclic) bond motifs is 2. The molecule has 0 radical (unpaired) electrons. The lowest BCUT2D eigenvalue weighted by molar-refractivity contribution is 0.415. The standard InChI is InChI=1S/C22H18N6O2/c1-14-24-22-25-18-9-11-27(13-15-4-3-10-23-12-15)21(29)19(18)20(28(22)26-14)16-5-7-17(30-2)8-6-16/h3-12H,13H2,1-2H3. The summed E-state index contributed by atoms with van der Waals surface area (Å²) in [5.74, 6) is 1.77. The van der Waals surface area contributed by atoms with Gasteiger partial charge in [0.1, 0.15) is 11.6 Å². The highest BCUT2D eigenvalue weighted by molar-refractivity contribution is 5.93. The highest BCUT2D eigenvalue weighted by atomic mass is 16.5. The average Bonchev–Trinajstić information content (AvgIpc) is 3.15. The number of hydrogen-bond acceptors (Lipinski definition) is 6. The van der Waals surface area contributed by atoms with Crippen LogP contribution in [0.2, 0.25) is 0 Å². The molecule has 0 saturated heterocycles. The molecule has 0 atom stereocenters. The monoisotopic (exact) mass is 398 g/mol. The molecule has 8 nitrogen and oxygen atoms in total. The van der Waals surface area contributed by atoms with Crippen LogP contribution in [-0.4, -0.2) is 36.2 Å². The minimum Gasteiger partial charge on any atom is -0.497 e. The number of aryl methyl sites for hydroxylation is 1. The highest BCUT2D eigenvalue weighted by Crippen LogP contribution is 2.27. The van der Waals surface area contributed by atoms with Crippen molar-refractivity contribution in [3.63, 3.8) is 0 Å². The minimum atomic E-state index is -0.148. The average molecular weight is 398 g/mol. The van der Waals surface area contributed by atoms with Crippen molar-refractivity contribution in [3.8, 4) is 17.0 Å². The molecule has 4 heterocycles. The SMILES string of the molecule is COc1ccc(-c2c3c(=O)n(Cc4cccnc4)ccc3nc3nc(C)nn23)cc1. The molecule has 0 bridgehead atoms. The van der Waals surface area contributed by atoms with Crippen LogP contribution in [0.15, 0.2) is 65.8 Å². The van der Waals surface area contributed by atoms with Gasteiger partial charge in [-0.25, -0.2) is 4.98 Å². The molecule has 1 aromatic carbocycles. The van der Waals surface area contributed by atoms with E-state index in [2.05, 4.69) is 20.1 Å². The molecule has 0 fully saturated rings. The number of hydrogen-bond donors (Lipinski definition) is 0. The van der Waals surface area contributed by atoms with Crippen LogP contribution >= 0.6 is 0 Å². The van der Waals surface area contributed by atoms with E-state index in [0.29, 0.717) is 34.7 Å². The maximum atomic E-state index is 13.5. The molecule has 8 heteroatoms. The van der Waals surface area contributed by atoms with E-state index < -0.39 is 0 Å². The molecule has 0 spiro atoms. The van der Waals surface area contributed by atoms with Crippen molar-refractivity contribution < 1.29 is 4.74 Å². The van der Waals surface area contributed by atoms with E-state index in [-0.39, 0.29) is 5.56 Å². The van der Waals surface area contributed by atoms with Crippen molar-refractivity contribution in [1.29, 1.82) is 0 Å². The quantitative estimate of drug-likeness (QED) is 0.463. The summed E-state index contributed by atoms with van der Waals surface area (Å²) in [7, 11) is 1.62. The minimum absolute atomic E-state index is 0.148. The molecule has 0 amide bonds. The second-order valence-electron chi connectivity index (χ2n) is 6.93. The van der Waals surface area contributed by atoms with Crippen LogP contribution in [0.25, 0.3) is 27.9 Å². The molecule has 0 N–H and O–H groups in total. The maximum Gasteiger partial charge on any atom is 0.262 e. The van der Waals surface area contributed by atoms with Gasteiger partial charge in [0.15, 0.2) is 0 Å². The van der Waals surface area contributed by atoms with E-state index in [1.807, 2.05) is 42.5 Å². The van der Waals surface area contributed by atoms with E-state index in [1.165, 1.54) is 0 Å². The second-order valence-corrected chi connectivity index (χ2v) is 6.93. The van der Waals surface area contributed by atoms with Crippen LogP contribution in [0.4, 0.5) is 0 Å². The normalized spacial score (nSPS) is 11.3. The lowest BCUT2D eigenvalue weighted by atomic mass is 10.1. The Balaban J connectivity index is 1.80. The maximum absolute atomic E-state index is 13.5. The number of pyridine rings is 2. The first-order valence-corrected chi connectivity index (χ1v) is 9.44. The molecule has 0 aliphatic rings. The third kappa shape index (κ3) is 2.98. The summed E-state index contributed by atoms with van der Waals surface area (Å²) in [5.41, 5.74) is 2.85. The summed E-state index contributed by atoms with van der Waals surface area (Å²) in [4.78, 5) is 26.6. The van der Waals surface area contributed by atoms with Crippen molar-refractivity contribution in [3.05, 3.63) is 82.8 Å². The van der Waals surface area contributed by atoms with Crippen molar-refractivity contribution in [1.82, 2.24) is 29.1 Å². The first kappa shape index (κ1) is 18.0. The first-order chi connectivity index (χ1) is 14.6. The molecule has 0 saturated carbocycles. The fourth-order valence-corrected chi connectivity index (χ4v) is 3.55. The van der Waals surface area contributed by atoms with Crippen molar-refractivity contribution >= 4 is 16.7 Å². The van der Waals surface area contributed by atoms with Gasteiger partial charge in [-0.2, -0.15) is 9.50 Å². The third-order valence-corrected chi connectivity index (χ3v) is 4.95. The Morgan fingerprint density at radius 2 is 1.90 bits per heavy atom. The fourth-order valence-electron chi connectivity index (χ4n) is 3.55. The zero-order valence-electron chi connectivity index (χ0n) is 16.5. The van der Waals surface area contributed by atoms with Gasteiger partial charge < -0.3 is 9.30 Å². The number of nitrogens with zero attached hydrogens (tertiary/aromatic N) is 6. The predicted molar refractivity (Wildman–Crippen MR) is 113 cm³/mol. The van der Waals surface area contributed by atoms with E-state index in [0.717, 1.165) is 16.9 Å². The van der Waals surface area contributed by atoms with E-state index >= 15 is 0 Å². The van der Waals surface area contributed by atoms with Crippen LogP contribution in [0.3, 0.4) is 0 Å². The van der Waals surface area contributed by atoms with Gasteiger partial charge in [-0.05, 0) is 48.9 Å². The van der Waals surface area contributed by atoms with Gasteiger partial charge in [-0.1, -0.05) is 6.07 Å². The molecular formula is C22H18N6O2. The van der Waals surface area contributed by atoms with E-state index in [9.17, 15) is 4.79 Å². The number of aromatic nitrogens is 6. The van der Waals surface area contributed by atoms with Gasteiger partial charge >= 0.3 is 0 Å². The molecule has 0 aliphatic heterocycles. The van der Waals surface area contributed by atoms with Crippen LogP contribution in [0.5, 0.6) is 5.75 Å². The van der Waals surface area contributed by atoms with E-state index in [4.69, 9.17) is 4.74 Å². The predicted octanol–water partition coefficient (Wildman–Crippen LogP) is 2.87. The summed E-state index contributed by atoms with van der Waals surface area (Å²) < 4.78 is 8.57. The number of rotatable bonds is 4. The number of benzene rings is 1. The zero-order valence-corrected chi connectivity index (χ0v) is 16.5. The molecule has 30 heavy (non-hydrogen) atoms. The Morgan fingerprint density at radius 1 is 1.07 bits per heavy atom. The number of methoxy groups -OCH3 is 1. The molecule has 5 aromatic rings. The summed E-state index contributed by atoms with van der Waals surface area (Å²) in [6.45, 7) is 2.22.